The van der Waals surface area contributed by atoms with Crippen LogP contribution in [0.5, 0.6) is 0 Å². The first-order valence-corrected chi connectivity index (χ1v) is 12.4. The second-order valence-corrected chi connectivity index (χ2v) is 9.54. The molecule has 1 saturated heterocycles. The summed E-state index contributed by atoms with van der Waals surface area (Å²) < 4.78 is 0. The fraction of sp³-hybridized carbons (Fsp3) is 0.333. The van der Waals surface area contributed by atoms with E-state index < -0.39 is 0 Å². The Bertz CT molecular complexity index is 1150. The van der Waals surface area contributed by atoms with Crippen molar-refractivity contribution >= 4 is 51.3 Å². The lowest BCUT2D eigenvalue weighted by molar-refractivity contribution is 0.103. The smallest absolute Gasteiger partial charge is 0.267 e. The second-order valence-electron chi connectivity index (χ2n) is 8.11. The number of benzene rings is 1. The van der Waals surface area contributed by atoms with E-state index in [4.69, 9.17) is 11.6 Å². The number of aryl methyl sites for hydroxylation is 2. The summed E-state index contributed by atoms with van der Waals surface area (Å²) in [4.78, 5) is 31.4. The lowest BCUT2D eigenvalue weighted by Gasteiger charge is -2.35. The minimum Gasteiger partial charge on any atom is -0.354 e. The van der Waals surface area contributed by atoms with Crippen LogP contribution >= 0.6 is 22.9 Å². The van der Waals surface area contributed by atoms with Crippen molar-refractivity contribution in [3.8, 4) is 0 Å². The molecule has 178 valence electrons. The Balaban J connectivity index is 1.41. The molecular formula is C24H28ClN7OS. The minimum atomic E-state index is -0.254. The van der Waals surface area contributed by atoms with E-state index in [-0.39, 0.29) is 5.91 Å². The van der Waals surface area contributed by atoms with Gasteiger partial charge in [-0.05, 0) is 31.9 Å². The van der Waals surface area contributed by atoms with Gasteiger partial charge in [0.15, 0.2) is 5.13 Å². The maximum Gasteiger partial charge on any atom is 0.267 e. The zero-order valence-electron chi connectivity index (χ0n) is 19.3. The van der Waals surface area contributed by atoms with E-state index in [1.54, 1.807) is 12.3 Å². The standard InChI is InChI=1S/C24H28ClN7OS/c1-4-5-9-31-10-12-32(13-11-31)21-14-20(27-17(3)28-21)29-24-26-15-19(34-24)23(33)30-22-16(2)7-6-8-18(22)25/h4,6-8,14-15H,1,5,9-13H2,2-3H3,(H,30,33)(H,26,27,28,29). The summed E-state index contributed by atoms with van der Waals surface area (Å²) in [5, 5.41) is 7.19. The van der Waals surface area contributed by atoms with Crippen LogP contribution in [0.25, 0.3) is 0 Å². The summed E-state index contributed by atoms with van der Waals surface area (Å²) in [6.45, 7) is 12.4. The Labute approximate surface area is 208 Å². The topological polar surface area (TPSA) is 86.3 Å². The summed E-state index contributed by atoms with van der Waals surface area (Å²) in [6.07, 6.45) is 4.52. The Morgan fingerprint density at radius 2 is 2.03 bits per heavy atom. The lowest BCUT2D eigenvalue weighted by Crippen LogP contribution is -2.46. The molecule has 10 heteroatoms. The van der Waals surface area contributed by atoms with Gasteiger partial charge in [0.2, 0.25) is 0 Å². The molecule has 0 bridgehead atoms. The van der Waals surface area contributed by atoms with E-state index in [9.17, 15) is 4.79 Å². The highest BCUT2D eigenvalue weighted by atomic mass is 35.5. The number of hydrogen-bond donors (Lipinski definition) is 2. The number of halogens is 1. The van der Waals surface area contributed by atoms with Crippen molar-refractivity contribution in [2.75, 3.05) is 48.3 Å². The van der Waals surface area contributed by atoms with Crippen LogP contribution in [0.4, 0.5) is 22.5 Å². The number of thiazole rings is 1. The largest absolute Gasteiger partial charge is 0.354 e. The van der Waals surface area contributed by atoms with Crippen LogP contribution < -0.4 is 15.5 Å². The highest BCUT2D eigenvalue weighted by molar-refractivity contribution is 7.17. The van der Waals surface area contributed by atoms with Crippen LogP contribution in [0.3, 0.4) is 0 Å². The van der Waals surface area contributed by atoms with Gasteiger partial charge >= 0.3 is 0 Å². The molecule has 34 heavy (non-hydrogen) atoms. The van der Waals surface area contributed by atoms with E-state index in [1.165, 1.54) is 11.3 Å². The van der Waals surface area contributed by atoms with Crippen molar-refractivity contribution in [2.24, 2.45) is 0 Å². The number of nitrogens with one attached hydrogen (secondary N) is 2. The first-order chi connectivity index (χ1) is 16.4. The van der Waals surface area contributed by atoms with Crippen molar-refractivity contribution in [1.82, 2.24) is 19.9 Å². The number of nitrogens with zero attached hydrogens (tertiary/aromatic N) is 5. The SMILES string of the molecule is C=CCCN1CCN(c2cc(Nc3ncc(C(=O)Nc4c(C)cccc4Cl)s3)nc(C)n2)CC1. The number of hydrogen-bond acceptors (Lipinski definition) is 8. The Morgan fingerprint density at radius 1 is 1.24 bits per heavy atom. The van der Waals surface area contributed by atoms with Gasteiger partial charge in [0, 0.05) is 38.8 Å². The zero-order valence-corrected chi connectivity index (χ0v) is 20.9. The van der Waals surface area contributed by atoms with Crippen molar-refractivity contribution in [2.45, 2.75) is 20.3 Å². The van der Waals surface area contributed by atoms with Gasteiger partial charge in [0.1, 0.15) is 22.3 Å². The maximum atomic E-state index is 12.7. The molecule has 0 saturated carbocycles. The summed E-state index contributed by atoms with van der Waals surface area (Å²) in [5.41, 5.74) is 1.51. The molecule has 2 aromatic heterocycles. The van der Waals surface area contributed by atoms with Gasteiger partial charge < -0.3 is 15.5 Å². The van der Waals surface area contributed by atoms with E-state index >= 15 is 0 Å². The summed E-state index contributed by atoms with van der Waals surface area (Å²) in [7, 11) is 0. The summed E-state index contributed by atoms with van der Waals surface area (Å²) in [6, 6.07) is 7.43. The molecule has 1 fully saturated rings. The average molecular weight is 498 g/mol. The van der Waals surface area contributed by atoms with Gasteiger partial charge in [-0.3, -0.25) is 9.69 Å². The number of rotatable bonds is 8. The molecule has 2 N–H and O–H groups in total. The van der Waals surface area contributed by atoms with Crippen molar-refractivity contribution < 1.29 is 4.79 Å². The molecule has 0 aliphatic carbocycles. The first-order valence-electron chi connectivity index (χ1n) is 11.2. The molecule has 1 aliphatic heterocycles. The van der Waals surface area contributed by atoms with Crippen LogP contribution in [0.2, 0.25) is 5.02 Å². The lowest BCUT2D eigenvalue weighted by atomic mass is 10.2. The van der Waals surface area contributed by atoms with E-state index in [1.807, 2.05) is 38.1 Å². The van der Waals surface area contributed by atoms with Gasteiger partial charge in [-0.15, -0.1) is 6.58 Å². The van der Waals surface area contributed by atoms with E-state index in [0.29, 0.717) is 32.4 Å². The molecule has 0 atom stereocenters. The number of piperazine rings is 1. The Morgan fingerprint density at radius 3 is 2.76 bits per heavy atom. The van der Waals surface area contributed by atoms with Gasteiger partial charge in [0.25, 0.3) is 5.91 Å². The summed E-state index contributed by atoms with van der Waals surface area (Å²) >= 11 is 7.49. The predicted molar refractivity (Wildman–Crippen MR) is 140 cm³/mol. The van der Waals surface area contributed by atoms with Crippen LogP contribution in [0.1, 0.15) is 27.5 Å². The van der Waals surface area contributed by atoms with Crippen molar-refractivity contribution in [1.29, 1.82) is 0 Å². The molecule has 0 spiro atoms. The van der Waals surface area contributed by atoms with Gasteiger partial charge in [-0.1, -0.05) is 41.1 Å². The van der Waals surface area contributed by atoms with E-state index in [0.717, 1.165) is 50.5 Å². The molecule has 1 aliphatic rings. The van der Waals surface area contributed by atoms with Gasteiger partial charge in [-0.2, -0.15) is 0 Å². The number of aromatic nitrogens is 3. The Kier molecular flexibility index (Phi) is 7.77. The molecule has 4 rings (SSSR count). The molecule has 0 radical (unpaired) electrons. The molecular weight excluding hydrogens is 470 g/mol. The third-order valence-electron chi connectivity index (χ3n) is 5.60. The van der Waals surface area contributed by atoms with Crippen LogP contribution in [-0.2, 0) is 0 Å². The highest BCUT2D eigenvalue weighted by Gasteiger charge is 2.19. The number of carbonyl (C=O) groups excluding carboxylic acids is 1. The van der Waals surface area contributed by atoms with Crippen molar-refractivity contribution in [3.05, 3.63) is 64.4 Å². The molecule has 0 unspecified atom stereocenters. The van der Waals surface area contributed by atoms with Crippen molar-refractivity contribution in [3.63, 3.8) is 0 Å². The third kappa shape index (κ3) is 5.91. The number of anilines is 4. The fourth-order valence-electron chi connectivity index (χ4n) is 3.76. The predicted octanol–water partition coefficient (Wildman–Crippen LogP) is 4.90. The fourth-order valence-corrected chi connectivity index (χ4v) is 4.75. The van der Waals surface area contributed by atoms with Crippen LogP contribution in [-0.4, -0.2) is 58.5 Å². The maximum absolute atomic E-state index is 12.7. The van der Waals surface area contributed by atoms with Gasteiger partial charge in [0.05, 0.1) is 16.9 Å². The first kappa shape index (κ1) is 24.1. The number of para-hydroxylation sites is 1. The summed E-state index contributed by atoms with van der Waals surface area (Å²) in [5.74, 6) is 1.97. The number of amides is 1. The zero-order chi connectivity index (χ0) is 24.1. The number of carbonyl (C=O) groups is 1. The van der Waals surface area contributed by atoms with E-state index in [2.05, 4.69) is 42.0 Å². The van der Waals surface area contributed by atoms with Crippen LogP contribution in [0, 0.1) is 13.8 Å². The quantitative estimate of drug-likeness (QED) is 0.428. The normalized spacial score (nSPS) is 14.1. The highest BCUT2D eigenvalue weighted by Crippen LogP contribution is 2.28. The molecule has 1 aromatic carbocycles. The van der Waals surface area contributed by atoms with Gasteiger partial charge in [-0.25, -0.2) is 15.0 Å². The second kappa shape index (κ2) is 10.9. The molecule has 1 amide bonds. The molecule has 8 nitrogen and oxygen atoms in total. The monoisotopic (exact) mass is 497 g/mol. The van der Waals surface area contributed by atoms with Crippen LogP contribution in [0.15, 0.2) is 43.1 Å². The average Bonchev–Trinajstić information content (AvgIpc) is 3.28. The third-order valence-corrected chi connectivity index (χ3v) is 6.82. The minimum absolute atomic E-state index is 0.254. The molecule has 3 heterocycles. The molecule has 3 aromatic rings. The Hall–Kier alpha value is -3.01.